The van der Waals surface area contributed by atoms with Gasteiger partial charge in [-0.3, -0.25) is 9.89 Å². The molecule has 3 N–H and O–H groups in total. The van der Waals surface area contributed by atoms with Gasteiger partial charge >= 0.3 is 0 Å². The number of rotatable bonds is 9. The van der Waals surface area contributed by atoms with Crippen LogP contribution in [0.5, 0.6) is 11.5 Å². The van der Waals surface area contributed by atoms with Gasteiger partial charge in [-0.05, 0) is 43.7 Å². The molecule has 1 aliphatic heterocycles. The molecule has 0 radical (unpaired) electrons. The van der Waals surface area contributed by atoms with Crippen molar-refractivity contribution in [2.45, 2.75) is 12.8 Å². The van der Waals surface area contributed by atoms with E-state index in [0.29, 0.717) is 17.5 Å². The normalized spacial score (nSPS) is 15.1. The zero-order chi connectivity index (χ0) is 21.2. The van der Waals surface area contributed by atoms with E-state index in [1.807, 2.05) is 18.2 Å². The van der Waals surface area contributed by atoms with E-state index in [2.05, 4.69) is 50.4 Å². The van der Waals surface area contributed by atoms with Crippen LogP contribution in [-0.2, 0) is 0 Å². The van der Waals surface area contributed by atoms with E-state index in [1.54, 1.807) is 14.2 Å². The van der Waals surface area contributed by atoms with E-state index in [-0.39, 0.29) is 0 Å². The van der Waals surface area contributed by atoms with E-state index in [0.717, 1.165) is 57.8 Å². The van der Waals surface area contributed by atoms with Crippen LogP contribution in [0.3, 0.4) is 0 Å². The number of benzene rings is 2. The maximum atomic E-state index is 6.01. The van der Waals surface area contributed by atoms with Gasteiger partial charge in [0.1, 0.15) is 0 Å². The van der Waals surface area contributed by atoms with Crippen molar-refractivity contribution < 1.29 is 9.47 Å². The molecule has 1 fully saturated rings. The van der Waals surface area contributed by atoms with E-state index >= 15 is 0 Å². The molecule has 3 rings (SSSR count). The lowest BCUT2D eigenvalue weighted by Crippen LogP contribution is -2.46. The van der Waals surface area contributed by atoms with Crippen LogP contribution >= 0.6 is 0 Å². The highest BCUT2D eigenvalue weighted by Crippen LogP contribution is 2.29. The number of nitrogens with one attached hydrogen (secondary N) is 1. The topological polar surface area (TPSA) is 75.4 Å². The molecule has 0 amide bonds. The first-order chi connectivity index (χ1) is 14.7. The second-order valence-electron chi connectivity index (χ2n) is 7.33. The summed E-state index contributed by atoms with van der Waals surface area (Å²) in [7, 11) is 3.23. The maximum absolute atomic E-state index is 6.01. The predicted molar refractivity (Wildman–Crippen MR) is 124 cm³/mol. The van der Waals surface area contributed by atoms with Gasteiger partial charge in [-0.25, -0.2) is 0 Å². The van der Waals surface area contributed by atoms with Crippen LogP contribution in [0.4, 0.5) is 11.4 Å². The van der Waals surface area contributed by atoms with Crippen LogP contribution < -0.4 is 25.4 Å². The van der Waals surface area contributed by atoms with Crippen molar-refractivity contribution in [1.29, 1.82) is 0 Å². The Balaban J connectivity index is 1.33. The lowest BCUT2D eigenvalue weighted by molar-refractivity contribution is 0.253. The molecule has 0 saturated carbocycles. The minimum absolute atomic E-state index is 0.415. The first-order valence-electron chi connectivity index (χ1n) is 10.5. The number of piperazine rings is 1. The van der Waals surface area contributed by atoms with Crippen LogP contribution in [0, 0.1) is 0 Å². The number of para-hydroxylation sites is 1. The highest BCUT2D eigenvalue weighted by atomic mass is 16.5. The summed E-state index contributed by atoms with van der Waals surface area (Å²) in [6.07, 6.45) is 2.14. The number of nitrogens with zero attached hydrogens (tertiary/aromatic N) is 3. The van der Waals surface area contributed by atoms with Crippen LogP contribution in [0.2, 0.25) is 0 Å². The number of hydrogen-bond acceptors (Lipinski definition) is 5. The minimum atomic E-state index is 0.415. The van der Waals surface area contributed by atoms with Crippen molar-refractivity contribution in [2.75, 3.05) is 63.7 Å². The van der Waals surface area contributed by atoms with Crippen molar-refractivity contribution in [3.05, 3.63) is 48.5 Å². The summed E-state index contributed by atoms with van der Waals surface area (Å²) >= 11 is 0. The summed E-state index contributed by atoms with van der Waals surface area (Å²) < 4.78 is 10.6. The molecule has 0 spiro atoms. The fourth-order valence-corrected chi connectivity index (χ4v) is 3.62. The second kappa shape index (κ2) is 11.3. The average molecular weight is 412 g/mol. The third kappa shape index (κ3) is 6.29. The zero-order valence-corrected chi connectivity index (χ0v) is 18.0. The standard InChI is InChI=1S/C23H33N5O2/c1-29-21-11-10-19(18-22(21)30-2)26-23(24)25-12-6-7-13-27-14-16-28(17-15-27)20-8-4-3-5-9-20/h3-5,8-11,18H,6-7,12-17H2,1-2H3,(H3,24,25,26). The monoisotopic (exact) mass is 411 g/mol. The molecule has 2 aromatic rings. The van der Waals surface area contributed by atoms with E-state index in [9.17, 15) is 0 Å². The maximum Gasteiger partial charge on any atom is 0.193 e. The number of unbranched alkanes of at least 4 members (excludes halogenated alkanes) is 1. The summed E-state index contributed by atoms with van der Waals surface area (Å²) in [4.78, 5) is 9.43. The number of guanidine groups is 1. The highest BCUT2D eigenvalue weighted by molar-refractivity contribution is 5.92. The number of anilines is 2. The summed E-state index contributed by atoms with van der Waals surface area (Å²) in [6.45, 7) is 6.23. The zero-order valence-electron chi connectivity index (χ0n) is 18.0. The molecule has 1 aliphatic rings. The van der Waals surface area contributed by atoms with Gasteiger partial charge in [0.2, 0.25) is 0 Å². The summed E-state index contributed by atoms with van der Waals surface area (Å²) in [6, 6.07) is 16.2. The van der Waals surface area contributed by atoms with Gasteiger partial charge < -0.3 is 25.4 Å². The van der Waals surface area contributed by atoms with Gasteiger partial charge in [-0.2, -0.15) is 0 Å². The quantitative estimate of drug-likeness (QED) is 0.375. The fraction of sp³-hybridized carbons (Fsp3) is 0.435. The molecule has 0 aromatic heterocycles. The van der Waals surface area contributed by atoms with Gasteiger partial charge in [-0.15, -0.1) is 0 Å². The molecule has 1 heterocycles. The first kappa shape index (κ1) is 21.8. The second-order valence-corrected chi connectivity index (χ2v) is 7.33. The van der Waals surface area contributed by atoms with Gasteiger partial charge in [0, 0.05) is 50.2 Å². The van der Waals surface area contributed by atoms with Crippen LogP contribution in [0.25, 0.3) is 0 Å². The lowest BCUT2D eigenvalue weighted by atomic mass is 10.2. The van der Waals surface area contributed by atoms with Crippen LogP contribution in [0.15, 0.2) is 53.5 Å². The Morgan fingerprint density at radius 2 is 1.70 bits per heavy atom. The van der Waals surface area contributed by atoms with Crippen molar-refractivity contribution in [3.8, 4) is 11.5 Å². The number of nitrogens with two attached hydrogens (primary N) is 1. The number of hydrogen-bond donors (Lipinski definition) is 2. The van der Waals surface area contributed by atoms with Crippen LogP contribution in [-0.4, -0.2) is 64.3 Å². The number of aliphatic imine (C=N–C) groups is 1. The Morgan fingerprint density at radius 3 is 2.40 bits per heavy atom. The Kier molecular flexibility index (Phi) is 8.20. The third-order valence-corrected chi connectivity index (χ3v) is 5.31. The molecule has 1 saturated heterocycles. The smallest absolute Gasteiger partial charge is 0.193 e. The highest BCUT2D eigenvalue weighted by Gasteiger charge is 2.16. The van der Waals surface area contributed by atoms with Gasteiger partial charge in [-0.1, -0.05) is 18.2 Å². The number of methoxy groups -OCH3 is 2. The largest absolute Gasteiger partial charge is 0.493 e. The van der Waals surface area contributed by atoms with E-state index in [4.69, 9.17) is 15.2 Å². The summed E-state index contributed by atoms with van der Waals surface area (Å²) in [5.74, 6) is 1.75. The molecule has 0 atom stereocenters. The number of ether oxygens (including phenoxy) is 2. The lowest BCUT2D eigenvalue weighted by Gasteiger charge is -2.36. The van der Waals surface area contributed by atoms with Crippen molar-refractivity contribution in [2.24, 2.45) is 10.7 Å². The third-order valence-electron chi connectivity index (χ3n) is 5.31. The molecule has 162 valence electrons. The van der Waals surface area contributed by atoms with Gasteiger partial charge in [0.05, 0.1) is 14.2 Å². The van der Waals surface area contributed by atoms with Gasteiger partial charge in [0.25, 0.3) is 0 Å². The summed E-state index contributed by atoms with van der Waals surface area (Å²) in [5.41, 5.74) is 8.16. The molecule has 0 bridgehead atoms. The van der Waals surface area contributed by atoms with E-state index < -0.39 is 0 Å². The first-order valence-corrected chi connectivity index (χ1v) is 10.5. The van der Waals surface area contributed by atoms with Gasteiger partial charge in [0.15, 0.2) is 17.5 Å². The summed E-state index contributed by atoms with van der Waals surface area (Å²) in [5, 5.41) is 3.10. The Bertz CT molecular complexity index is 804. The van der Waals surface area contributed by atoms with E-state index in [1.165, 1.54) is 5.69 Å². The predicted octanol–water partition coefficient (Wildman–Crippen LogP) is 3.03. The molecule has 30 heavy (non-hydrogen) atoms. The molecular formula is C23H33N5O2. The average Bonchev–Trinajstić information content (AvgIpc) is 2.79. The van der Waals surface area contributed by atoms with Crippen molar-refractivity contribution in [1.82, 2.24) is 4.90 Å². The SMILES string of the molecule is COc1ccc(NC(N)=NCCCCN2CCN(c3ccccc3)CC2)cc1OC. The molecule has 2 aromatic carbocycles. The fourth-order valence-electron chi connectivity index (χ4n) is 3.62. The molecule has 0 aliphatic carbocycles. The minimum Gasteiger partial charge on any atom is -0.493 e. The Morgan fingerprint density at radius 1 is 0.967 bits per heavy atom. The molecular weight excluding hydrogens is 378 g/mol. The molecule has 7 nitrogen and oxygen atoms in total. The van der Waals surface area contributed by atoms with Crippen LogP contribution in [0.1, 0.15) is 12.8 Å². The molecule has 0 unspecified atom stereocenters. The Hall–Kier alpha value is -2.93. The van der Waals surface area contributed by atoms with Crippen molar-refractivity contribution >= 4 is 17.3 Å². The van der Waals surface area contributed by atoms with Crippen molar-refractivity contribution in [3.63, 3.8) is 0 Å². The Labute approximate surface area is 179 Å². The molecule has 7 heteroatoms.